The lowest BCUT2D eigenvalue weighted by Gasteiger charge is -2.19. The first-order valence-electron chi connectivity index (χ1n) is 8.56. The van der Waals surface area contributed by atoms with Gasteiger partial charge in [0.25, 0.3) is 0 Å². The lowest BCUT2D eigenvalue weighted by atomic mass is 10.1. The summed E-state index contributed by atoms with van der Waals surface area (Å²) in [6.45, 7) is 0. The second kappa shape index (κ2) is 8.17. The van der Waals surface area contributed by atoms with Gasteiger partial charge in [-0.1, -0.05) is 30.3 Å². The molecule has 2 aromatic carbocycles. The Bertz CT molecular complexity index is 808. The summed E-state index contributed by atoms with van der Waals surface area (Å²) in [6.07, 6.45) is 2.39. The van der Waals surface area contributed by atoms with Gasteiger partial charge in [0.2, 0.25) is 5.91 Å². The molecule has 132 valence electrons. The van der Waals surface area contributed by atoms with Gasteiger partial charge in [-0.25, -0.2) is 4.79 Å². The van der Waals surface area contributed by atoms with E-state index in [9.17, 15) is 9.59 Å². The van der Waals surface area contributed by atoms with Crippen molar-refractivity contribution < 1.29 is 9.59 Å². The molecule has 0 saturated heterocycles. The molecule has 1 aliphatic rings. The van der Waals surface area contributed by atoms with Crippen LogP contribution >= 0.6 is 0 Å². The molecule has 0 aliphatic heterocycles. The van der Waals surface area contributed by atoms with Crippen LogP contribution in [0.25, 0.3) is 0 Å². The van der Waals surface area contributed by atoms with Crippen molar-refractivity contribution in [1.29, 1.82) is 5.26 Å². The number of anilines is 1. The van der Waals surface area contributed by atoms with E-state index in [0.29, 0.717) is 17.7 Å². The zero-order valence-corrected chi connectivity index (χ0v) is 14.2. The van der Waals surface area contributed by atoms with Crippen LogP contribution in [0.4, 0.5) is 10.5 Å². The molecule has 1 fully saturated rings. The molecule has 6 nitrogen and oxygen atoms in total. The second-order valence-corrected chi connectivity index (χ2v) is 6.31. The fraction of sp³-hybridized carbons (Fsp3) is 0.250. The molecule has 1 saturated carbocycles. The number of hydrogen-bond acceptors (Lipinski definition) is 3. The van der Waals surface area contributed by atoms with Gasteiger partial charge in [-0.15, -0.1) is 0 Å². The fourth-order valence-electron chi connectivity index (χ4n) is 2.54. The van der Waals surface area contributed by atoms with E-state index < -0.39 is 12.1 Å². The van der Waals surface area contributed by atoms with E-state index in [1.807, 2.05) is 36.4 Å². The molecular weight excluding hydrogens is 328 g/mol. The number of benzene rings is 2. The van der Waals surface area contributed by atoms with Crippen molar-refractivity contribution >= 4 is 17.6 Å². The monoisotopic (exact) mass is 348 g/mol. The van der Waals surface area contributed by atoms with Crippen LogP contribution in [0.5, 0.6) is 0 Å². The number of nitriles is 1. The molecule has 0 heterocycles. The molecule has 3 amide bonds. The van der Waals surface area contributed by atoms with Crippen LogP contribution in [0, 0.1) is 11.3 Å². The molecule has 26 heavy (non-hydrogen) atoms. The van der Waals surface area contributed by atoms with Crippen LogP contribution < -0.4 is 16.0 Å². The highest BCUT2D eigenvalue weighted by Crippen LogP contribution is 2.19. The fourth-order valence-corrected chi connectivity index (χ4v) is 2.54. The first kappa shape index (κ1) is 17.5. The first-order valence-corrected chi connectivity index (χ1v) is 8.56. The van der Waals surface area contributed by atoms with Crippen LogP contribution in [-0.2, 0) is 11.2 Å². The third-order valence-electron chi connectivity index (χ3n) is 4.10. The standard InChI is InChI=1S/C20H20N4O2/c21-13-15-6-8-17(9-7-15)23-20(26)24-18(19(25)22-16-10-11-16)12-14-4-2-1-3-5-14/h1-9,16,18H,10-12H2,(H,22,25)(H2,23,24,26)/t18-/m0/s1. The van der Waals surface area contributed by atoms with Gasteiger partial charge in [0.15, 0.2) is 0 Å². The van der Waals surface area contributed by atoms with Crippen molar-refractivity contribution in [2.75, 3.05) is 5.32 Å². The number of hydrogen-bond donors (Lipinski definition) is 3. The summed E-state index contributed by atoms with van der Waals surface area (Å²) >= 11 is 0. The smallest absolute Gasteiger partial charge is 0.319 e. The Morgan fingerprint density at radius 2 is 1.77 bits per heavy atom. The minimum absolute atomic E-state index is 0.175. The lowest BCUT2D eigenvalue weighted by molar-refractivity contribution is -0.123. The summed E-state index contributed by atoms with van der Waals surface area (Å²) in [6, 6.07) is 17.3. The Morgan fingerprint density at radius 3 is 2.38 bits per heavy atom. The quantitative estimate of drug-likeness (QED) is 0.749. The predicted octanol–water partition coefficient (Wildman–Crippen LogP) is 2.57. The Balaban J connectivity index is 1.64. The van der Waals surface area contributed by atoms with Crippen molar-refractivity contribution in [2.24, 2.45) is 0 Å². The molecule has 3 N–H and O–H groups in total. The Morgan fingerprint density at radius 1 is 1.08 bits per heavy atom. The van der Waals surface area contributed by atoms with Crippen molar-refractivity contribution in [3.05, 3.63) is 65.7 Å². The molecule has 0 aromatic heterocycles. The molecule has 6 heteroatoms. The van der Waals surface area contributed by atoms with Crippen molar-refractivity contribution in [3.8, 4) is 6.07 Å². The van der Waals surface area contributed by atoms with E-state index in [4.69, 9.17) is 5.26 Å². The van der Waals surface area contributed by atoms with Crippen LogP contribution in [0.3, 0.4) is 0 Å². The van der Waals surface area contributed by atoms with E-state index in [1.165, 1.54) is 0 Å². The van der Waals surface area contributed by atoms with Gasteiger partial charge < -0.3 is 16.0 Å². The van der Waals surface area contributed by atoms with Crippen molar-refractivity contribution in [2.45, 2.75) is 31.3 Å². The average Bonchev–Trinajstić information content (AvgIpc) is 3.46. The van der Waals surface area contributed by atoms with Crippen molar-refractivity contribution in [1.82, 2.24) is 10.6 Å². The predicted molar refractivity (Wildman–Crippen MR) is 98.4 cm³/mol. The second-order valence-electron chi connectivity index (χ2n) is 6.31. The molecule has 1 aliphatic carbocycles. The highest BCUT2D eigenvalue weighted by atomic mass is 16.2. The SMILES string of the molecule is N#Cc1ccc(NC(=O)N[C@@H](Cc2ccccc2)C(=O)NC2CC2)cc1. The minimum Gasteiger partial charge on any atom is -0.352 e. The topological polar surface area (TPSA) is 94.0 Å². The van der Waals surface area contributed by atoms with Crippen LogP contribution in [0.2, 0.25) is 0 Å². The highest BCUT2D eigenvalue weighted by molar-refractivity contribution is 5.94. The normalized spacial score (nSPS) is 14.0. The van der Waals surface area contributed by atoms with Crippen LogP contribution in [-0.4, -0.2) is 24.0 Å². The molecule has 1 atom stereocenters. The molecule has 0 spiro atoms. The summed E-state index contributed by atoms with van der Waals surface area (Å²) in [5.41, 5.74) is 2.05. The minimum atomic E-state index is -0.656. The number of rotatable bonds is 6. The summed E-state index contributed by atoms with van der Waals surface area (Å²) in [4.78, 5) is 24.8. The molecular formula is C20H20N4O2. The Labute approximate surface area is 152 Å². The summed E-state index contributed by atoms with van der Waals surface area (Å²) in [5.74, 6) is -0.175. The molecule has 0 bridgehead atoms. The largest absolute Gasteiger partial charge is 0.352 e. The van der Waals surface area contributed by atoms with Gasteiger partial charge in [-0.3, -0.25) is 4.79 Å². The lowest BCUT2D eigenvalue weighted by Crippen LogP contribution is -2.49. The van der Waals surface area contributed by atoms with E-state index in [1.54, 1.807) is 24.3 Å². The molecule has 2 aromatic rings. The maximum absolute atomic E-state index is 12.5. The number of amides is 3. The third-order valence-corrected chi connectivity index (χ3v) is 4.10. The maximum atomic E-state index is 12.5. The summed E-state index contributed by atoms with van der Waals surface area (Å²) in [7, 11) is 0. The first-order chi connectivity index (χ1) is 12.6. The summed E-state index contributed by atoms with van der Waals surface area (Å²) in [5, 5.41) is 17.2. The number of carbonyl (C=O) groups is 2. The van der Waals surface area contributed by atoms with Crippen LogP contribution in [0.1, 0.15) is 24.0 Å². The van der Waals surface area contributed by atoms with Gasteiger partial charge in [0, 0.05) is 18.2 Å². The molecule has 3 rings (SSSR count). The highest BCUT2D eigenvalue weighted by Gasteiger charge is 2.28. The third kappa shape index (κ3) is 5.08. The van der Waals surface area contributed by atoms with Gasteiger partial charge >= 0.3 is 6.03 Å². The number of carbonyl (C=O) groups excluding carboxylic acids is 2. The van der Waals surface area contributed by atoms with E-state index >= 15 is 0 Å². The van der Waals surface area contributed by atoms with Gasteiger partial charge in [-0.2, -0.15) is 5.26 Å². The van der Waals surface area contributed by atoms with Crippen LogP contribution in [0.15, 0.2) is 54.6 Å². The van der Waals surface area contributed by atoms with Gasteiger partial charge in [-0.05, 0) is 42.7 Å². The maximum Gasteiger partial charge on any atom is 0.319 e. The van der Waals surface area contributed by atoms with E-state index in [-0.39, 0.29) is 11.9 Å². The van der Waals surface area contributed by atoms with Gasteiger partial charge in [0.05, 0.1) is 11.6 Å². The molecule has 0 radical (unpaired) electrons. The molecule has 0 unspecified atom stereocenters. The van der Waals surface area contributed by atoms with Gasteiger partial charge in [0.1, 0.15) is 6.04 Å². The zero-order chi connectivity index (χ0) is 18.4. The Hall–Kier alpha value is -3.33. The summed E-state index contributed by atoms with van der Waals surface area (Å²) < 4.78 is 0. The number of urea groups is 1. The average molecular weight is 348 g/mol. The van der Waals surface area contributed by atoms with E-state index in [2.05, 4.69) is 16.0 Å². The van der Waals surface area contributed by atoms with Crippen molar-refractivity contribution in [3.63, 3.8) is 0 Å². The number of nitrogens with one attached hydrogen (secondary N) is 3. The Kier molecular flexibility index (Phi) is 5.49. The number of nitrogens with zero attached hydrogens (tertiary/aromatic N) is 1. The zero-order valence-electron chi connectivity index (χ0n) is 14.2. The van der Waals surface area contributed by atoms with E-state index in [0.717, 1.165) is 18.4 Å².